The number of aliphatic carboxylic acids is 2. The number of carbonyl (C=O) groups excluding carboxylic acids is 4. The van der Waals surface area contributed by atoms with Crippen LogP contribution in [0, 0.1) is 0 Å². The maximum absolute atomic E-state index is 12.8. The predicted octanol–water partition coefficient (Wildman–Crippen LogP) is -5.36. The zero-order chi connectivity index (χ0) is 27.3. The summed E-state index contributed by atoms with van der Waals surface area (Å²) in [5.41, 5.74) is 21.0. The highest BCUT2D eigenvalue weighted by Gasteiger charge is 2.32. The van der Waals surface area contributed by atoms with Crippen molar-refractivity contribution in [3.05, 3.63) is 0 Å². The van der Waals surface area contributed by atoms with Gasteiger partial charge in [0.2, 0.25) is 23.6 Å². The van der Waals surface area contributed by atoms with Crippen LogP contribution in [0.4, 0.5) is 0 Å². The number of carbonyl (C=O) groups is 6. The number of hydrogen-bond donors (Lipinski definition) is 10. The van der Waals surface area contributed by atoms with Gasteiger partial charge in [-0.15, -0.1) is 0 Å². The van der Waals surface area contributed by atoms with Gasteiger partial charge in [-0.25, -0.2) is 4.79 Å². The molecule has 0 aromatic rings. The number of amides is 4. The molecule has 0 heterocycles. The molecular formula is C18H32N8O9. The van der Waals surface area contributed by atoms with Gasteiger partial charge in [-0.3, -0.25) is 29.0 Å². The molecule has 0 aliphatic heterocycles. The number of aliphatic hydroxyl groups excluding tert-OH is 1. The van der Waals surface area contributed by atoms with Gasteiger partial charge in [-0.1, -0.05) is 0 Å². The van der Waals surface area contributed by atoms with E-state index in [1.807, 2.05) is 0 Å². The number of carboxylic acids is 2. The second-order valence-corrected chi connectivity index (χ2v) is 7.51. The summed E-state index contributed by atoms with van der Waals surface area (Å²) in [6, 6.07) is -6.27. The molecule has 0 aromatic carbocycles. The zero-order valence-corrected chi connectivity index (χ0v) is 19.0. The molecular weight excluding hydrogens is 472 g/mol. The van der Waals surface area contributed by atoms with Gasteiger partial charge in [-0.2, -0.15) is 0 Å². The van der Waals surface area contributed by atoms with E-state index < -0.39 is 78.7 Å². The van der Waals surface area contributed by atoms with E-state index in [-0.39, 0.29) is 25.3 Å². The van der Waals surface area contributed by atoms with Gasteiger partial charge in [0, 0.05) is 6.54 Å². The molecule has 14 N–H and O–H groups in total. The molecule has 5 unspecified atom stereocenters. The summed E-state index contributed by atoms with van der Waals surface area (Å²) in [5.74, 6) is -7.28. The molecule has 0 fully saturated rings. The van der Waals surface area contributed by atoms with Crippen LogP contribution in [-0.2, 0) is 28.8 Å². The highest BCUT2D eigenvalue weighted by molar-refractivity contribution is 5.96. The minimum Gasteiger partial charge on any atom is -0.481 e. The summed E-state index contributed by atoms with van der Waals surface area (Å²) in [6.07, 6.45) is -2.94. The van der Waals surface area contributed by atoms with E-state index >= 15 is 0 Å². The number of nitrogens with zero attached hydrogens (tertiary/aromatic N) is 1. The molecule has 0 aromatic heterocycles. The molecule has 0 bridgehead atoms. The molecule has 17 nitrogen and oxygen atoms in total. The molecule has 5 atom stereocenters. The highest BCUT2D eigenvalue weighted by Crippen LogP contribution is 2.04. The number of nitrogens with two attached hydrogens (primary N) is 4. The Hall–Kier alpha value is -3.99. The van der Waals surface area contributed by atoms with Crippen molar-refractivity contribution in [2.24, 2.45) is 27.9 Å². The Morgan fingerprint density at radius 2 is 1.40 bits per heavy atom. The smallest absolute Gasteiger partial charge is 0.328 e. The van der Waals surface area contributed by atoms with E-state index in [1.165, 1.54) is 0 Å². The van der Waals surface area contributed by atoms with Crippen molar-refractivity contribution in [2.75, 3.05) is 6.54 Å². The summed E-state index contributed by atoms with van der Waals surface area (Å²) < 4.78 is 0. The van der Waals surface area contributed by atoms with Crippen LogP contribution in [0.3, 0.4) is 0 Å². The zero-order valence-electron chi connectivity index (χ0n) is 19.0. The van der Waals surface area contributed by atoms with E-state index in [1.54, 1.807) is 0 Å². The van der Waals surface area contributed by atoms with Crippen molar-refractivity contribution >= 4 is 41.5 Å². The van der Waals surface area contributed by atoms with Crippen LogP contribution >= 0.6 is 0 Å². The summed E-state index contributed by atoms with van der Waals surface area (Å²) >= 11 is 0. The average Bonchev–Trinajstić information content (AvgIpc) is 2.71. The van der Waals surface area contributed by atoms with Crippen LogP contribution in [-0.4, -0.2) is 93.7 Å². The minimum absolute atomic E-state index is 0.0479. The van der Waals surface area contributed by atoms with E-state index in [0.717, 1.165) is 6.92 Å². The van der Waals surface area contributed by atoms with Crippen LogP contribution in [0.2, 0.25) is 0 Å². The van der Waals surface area contributed by atoms with Crippen molar-refractivity contribution < 1.29 is 44.1 Å². The lowest BCUT2D eigenvalue weighted by Gasteiger charge is -2.25. The molecule has 0 aliphatic rings. The Morgan fingerprint density at radius 1 is 0.857 bits per heavy atom. The lowest BCUT2D eigenvalue weighted by atomic mass is 10.1. The molecule has 0 saturated carbocycles. The first kappa shape index (κ1) is 31.0. The fourth-order valence-corrected chi connectivity index (χ4v) is 2.66. The van der Waals surface area contributed by atoms with Crippen molar-refractivity contribution in [3.63, 3.8) is 0 Å². The monoisotopic (exact) mass is 504 g/mol. The quantitative estimate of drug-likeness (QED) is 0.0535. The first-order valence-corrected chi connectivity index (χ1v) is 10.3. The fraction of sp³-hybridized carbons (Fsp3) is 0.611. The van der Waals surface area contributed by atoms with Gasteiger partial charge < -0.3 is 54.2 Å². The van der Waals surface area contributed by atoms with Crippen molar-refractivity contribution in [3.8, 4) is 0 Å². The van der Waals surface area contributed by atoms with Crippen molar-refractivity contribution in [1.29, 1.82) is 0 Å². The van der Waals surface area contributed by atoms with Gasteiger partial charge in [0.1, 0.15) is 12.1 Å². The summed E-state index contributed by atoms with van der Waals surface area (Å²) in [5, 5.41) is 33.9. The SMILES string of the molecule is CC(O)C(NC(=O)C(CCCN=C(N)N)NC(=O)C(CC(N)=O)NC(=O)C(N)CC(=O)O)C(=O)O. The Labute approximate surface area is 199 Å². The normalized spacial score (nSPS) is 14.8. The number of primary amides is 1. The van der Waals surface area contributed by atoms with Gasteiger partial charge in [0.05, 0.1) is 25.0 Å². The number of nitrogens with one attached hydrogen (secondary N) is 3. The van der Waals surface area contributed by atoms with Crippen LogP contribution in [0.25, 0.3) is 0 Å². The summed E-state index contributed by atoms with van der Waals surface area (Å²) in [6.45, 7) is 1.18. The third kappa shape index (κ3) is 12.7. The molecule has 0 radical (unpaired) electrons. The van der Waals surface area contributed by atoms with E-state index in [9.17, 15) is 39.0 Å². The molecule has 17 heteroatoms. The molecule has 0 rings (SSSR count). The molecule has 0 spiro atoms. The van der Waals surface area contributed by atoms with Crippen LogP contribution < -0.4 is 38.9 Å². The number of aliphatic imine (C=N–C) groups is 1. The summed E-state index contributed by atoms with van der Waals surface area (Å²) in [7, 11) is 0. The van der Waals surface area contributed by atoms with Gasteiger partial charge in [0.25, 0.3) is 0 Å². The maximum atomic E-state index is 12.8. The van der Waals surface area contributed by atoms with Gasteiger partial charge in [-0.05, 0) is 19.8 Å². The molecule has 0 aliphatic carbocycles. The van der Waals surface area contributed by atoms with Crippen LogP contribution in [0.1, 0.15) is 32.6 Å². The molecule has 4 amide bonds. The van der Waals surface area contributed by atoms with E-state index in [0.29, 0.717) is 0 Å². The number of carboxylic acid groups (broad SMARTS) is 2. The van der Waals surface area contributed by atoms with Crippen LogP contribution in [0.5, 0.6) is 0 Å². The average molecular weight is 505 g/mol. The molecule has 35 heavy (non-hydrogen) atoms. The maximum Gasteiger partial charge on any atom is 0.328 e. The largest absolute Gasteiger partial charge is 0.481 e. The lowest BCUT2D eigenvalue weighted by molar-refractivity contribution is -0.145. The standard InChI is InChI=1S/C18H32N8O9/c1-7(27)13(17(34)35)26-15(32)9(3-2-4-23-18(21)22)24-16(33)10(6-11(20)28)25-14(31)8(19)5-12(29)30/h7-10,13,27H,2-6,19H2,1H3,(H2,20,28)(H,24,33)(H,25,31)(H,26,32)(H,29,30)(H,34,35)(H4,21,22,23). The number of aliphatic hydroxyl groups is 1. The second kappa shape index (κ2) is 15.0. The van der Waals surface area contributed by atoms with E-state index in [4.69, 9.17) is 28.0 Å². The van der Waals surface area contributed by atoms with Crippen molar-refractivity contribution in [2.45, 2.75) is 62.9 Å². The van der Waals surface area contributed by atoms with E-state index in [2.05, 4.69) is 20.9 Å². The Balaban J connectivity index is 5.65. The Morgan fingerprint density at radius 3 is 1.86 bits per heavy atom. The summed E-state index contributed by atoms with van der Waals surface area (Å²) in [4.78, 5) is 74.7. The number of rotatable bonds is 16. The second-order valence-electron chi connectivity index (χ2n) is 7.51. The van der Waals surface area contributed by atoms with Crippen molar-refractivity contribution in [1.82, 2.24) is 16.0 Å². The molecule has 198 valence electrons. The topological polar surface area (TPSA) is 316 Å². The van der Waals surface area contributed by atoms with Gasteiger partial charge >= 0.3 is 11.9 Å². The first-order chi connectivity index (χ1) is 16.1. The molecule has 0 saturated heterocycles. The fourth-order valence-electron chi connectivity index (χ4n) is 2.66. The first-order valence-electron chi connectivity index (χ1n) is 10.3. The highest BCUT2D eigenvalue weighted by atomic mass is 16.4. The Kier molecular flexibility index (Phi) is 13.3. The lowest BCUT2D eigenvalue weighted by Crippen LogP contribution is -2.58. The third-order valence-corrected chi connectivity index (χ3v) is 4.39. The predicted molar refractivity (Wildman–Crippen MR) is 119 cm³/mol. The minimum atomic E-state index is -1.70. The Bertz CT molecular complexity index is 829. The number of hydrogen-bond acceptors (Lipinski definition) is 9. The van der Waals surface area contributed by atoms with Crippen LogP contribution in [0.15, 0.2) is 4.99 Å². The van der Waals surface area contributed by atoms with Gasteiger partial charge in [0.15, 0.2) is 12.0 Å². The number of guanidine groups is 1. The third-order valence-electron chi connectivity index (χ3n) is 4.39.